The number of hydrogen-bond donors (Lipinski definition) is 1. The monoisotopic (exact) mass is 278 g/mol. The summed E-state index contributed by atoms with van der Waals surface area (Å²) >= 11 is 0. The first-order valence-electron chi connectivity index (χ1n) is 6.34. The fourth-order valence-electron chi connectivity index (χ4n) is 1.77. The average Bonchev–Trinajstić information content (AvgIpc) is 2.33. The quantitative estimate of drug-likeness (QED) is 0.763. The topological polar surface area (TPSA) is 24.9 Å². The van der Waals surface area contributed by atoms with Gasteiger partial charge in [0.25, 0.3) is 0 Å². The number of alkyl halides is 3. The Morgan fingerprint density at radius 2 is 2.05 bits per heavy atom. The summed E-state index contributed by atoms with van der Waals surface area (Å²) in [7, 11) is 0. The highest BCUT2D eigenvalue weighted by Crippen LogP contribution is 2.25. The molecule has 1 heterocycles. The third-order valence-electron chi connectivity index (χ3n) is 2.70. The normalized spacial score (nSPS) is 13.5. The van der Waals surface area contributed by atoms with E-state index in [4.69, 9.17) is 0 Å². The van der Waals surface area contributed by atoms with Crippen LogP contribution in [0, 0.1) is 5.82 Å². The molecule has 1 N–H and O–H groups in total. The lowest BCUT2D eigenvalue weighted by atomic mass is 10.1. The third-order valence-corrected chi connectivity index (χ3v) is 2.70. The number of pyridine rings is 1. The molecule has 0 aliphatic heterocycles. The van der Waals surface area contributed by atoms with Crippen molar-refractivity contribution in [2.75, 3.05) is 6.54 Å². The molecule has 0 amide bonds. The highest BCUT2D eigenvalue weighted by atomic mass is 19.4. The summed E-state index contributed by atoms with van der Waals surface area (Å²) in [5.41, 5.74) is 0.581. The van der Waals surface area contributed by atoms with E-state index in [0.717, 1.165) is 12.6 Å². The molecule has 0 saturated carbocycles. The molecule has 0 aliphatic rings. The second-order valence-corrected chi connectivity index (χ2v) is 4.42. The van der Waals surface area contributed by atoms with Gasteiger partial charge in [-0.05, 0) is 37.9 Å². The summed E-state index contributed by atoms with van der Waals surface area (Å²) in [6, 6.07) is 2.52. The van der Waals surface area contributed by atoms with Crippen LogP contribution in [0.3, 0.4) is 0 Å². The molecule has 1 aromatic heterocycles. The molecule has 6 heteroatoms. The zero-order chi connectivity index (χ0) is 14.3. The molecule has 0 aliphatic carbocycles. The van der Waals surface area contributed by atoms with Crippen molar-refractivity contribution in [3.8, 4) is 0 Å². The Labute approximate surface area is 110 Å². The number of nitrogens with one attached hydrogen (secondary N) is 1. The lowest BCUT2D eigenvalue weighted by molar-refractivity contribution is -0.135. The first kappa shape index (κ1) is 15.9. The highest BCUT2D eigenvalue weighted by molar-refractivity contribution is 5.09. The van der Waals surface area contributed by atoms with Crippen LogP contribution in [0.5, 0.6) is 0 Å². The molecular formula is C13H18F4N2. The SMILES string of the molecule is CCCNC(CCCC(F)(F)F)c1ccc(F)cn1. The van der Waals surface area contributed by atoms with Crippen molar-refractivity contribution in [1.29, 1.82) is 0 Å². The minimum absolute atomic E-state index is 0.0317. The molecular weight excluding hydrogens is 260 g/mol. The predicted molar refractivity (Wildman–Crippen MR) is 65.1 cm³/mol. The maximum Gasteiger partial charge on any atom is 0.389 e. The Kier molecular flexibility index (Phi) is 6.21. The summed E-state index contributed by atoms with van der Waals surface area (Å²) in [6.07, 6.45) is -2.62. The molecule has 0 radical (unpaired) electrons. The smallest absolute Gasteiger partial charge is 0.309 e. The Hall–Kier alpha value is -1.17. The number of rotatable bonds is 7. The van der Waals surface area contributed by atoms with Gasteiger partial charge in [-0.25, -0.2) is 4.39 Å². The van der Waals surface area contributed by atoms with Gasteiger partial charge in [-0.15, -0.1) is 0 Å². The minimum Gasteiger partial charge on any atom is -0.309 e. The van der Waals surface area contributed by atoms with Crippen LogP contribution >= 0.6 is 0 Å². The van der Waals surface area contributed by atoms with E-state index >= 15 is 0 Å². The maximum atomic E-state index is 12.8. The van der Waals surface area contributed by atoms with Crippen LogP contribution in [-0.2, 0) is 0 Å². The van der Waals surface area contributed by atoms with Crippen molar-refractivity contribution in [3.05, 3.63) is 29.8 Å². The van der Waals surface area contributed by atoms with Crippen molar-refractivity contribution < 1.29 is 17.6 Å². The van der Waals surface area contributed by atoms with Gasteiger partial charge < -0.3 is 5.32 Å². The first-order valence-corrected chi connectivity index (χ1v) is 6.34. The average molecular weight is 278 g/mol. The standard InChI is InChI=1S/C13H18F4N2/c1-2-8-18-11(4-3-7-13(15,16)17)12-6-5-10(14)9-19-12/h5-6,9,11,18H,2-4,7-8H2,1H3. The van der Waals surface area contributed by atoms with Crippen molar-refractivity contribution in [2.45, 2.75) is 44.8 Å². The van der Waals surface area contributed by atoms with Crippen molar-refractivity contribution in [2.24, 2.45) is 0 Å². The zero-order valence-corrected chi connectivity index (χ0v) is 10.8. The summed E-state index contributed by atoms with van der Waals surface area (Å²) in [4.78, 5) is 3.93. The molecule has 0 spiro atoms. The van der Waals surface area contributed by atoms with Crippen LogP contribution in [0.15, 0.2) is 18.3 Å². The molecule has 1 rings (SSSR count). The summed E-state index contributed by atoms with van der Waals surface area (Å²) in [5.74, 6) is -0.451. The molecule has 0 bridgehead atoms. The lowest BCUT2D eigenvalue weighted by Crippen LogP contribution is -2.23. The number of hydrogen-bond acceptors (Lipinski definition) is 2. The maximum absolute atomic E-state index is 12.8. The Morgan fingerprint density at radius 3 is 2.58 bits per heavy atom. The van der Waals surface area contributed by atoms with E-state index in [1.54, 1.807) is 0 Å². The van der Waals surface area contributed by atoms with Gasteiger partial charge in [-0.1, -0.05) is 6.92 Å². The van der Waals surface area contributed by atoms with E-state index in [0.29, 0.717) is 18.7 Å². The van der Waals surface area contributed by atoms with E-state index in [-0.39, 0.29) is 12.5 Å². The van der Waals surface area contributed by atoms with Crippen LogP contribution in [-0.4, -0.2) is 17.7 Å². The van der Waals surface area contributed by atoms with Gasteiger partial charge in [0.1, 0.15) is 5.82 Å². The summed E-state index contributed by atoms with van der Waals surface area (Å²) in [5, 5.41) is 3.14. The number of nitrogens with zero attached hydrogens (tertiary/aromatic N) is 1. The van der Waals surface area contributed by atoms with Gasteiger partial charge in [0.2, 0.25) is 0 Å². The molecule has 19 heavy (non-hydrogen) atoms. The van der Waals surface area contributed by atoms with Gasteiger partial charge in [0, 0.05) is 12.5 Å². The minimum atomic E-state index is -4.13. The molecule has 0 fully saturated rings. The molecule has 108 valence electrons. The first-order chi connectivity index (χ1) is 8.92. The van der Waals surface area contributed by atoms with Crippen molar-refractivity contribution >= 4 is 0 Å². The van der Waals surface area contributed by atoms with Gasteiger partial charge in [0.15, 0.2) is 0 Å². The lowest BCUT2D eigenvalue weighted by Gasteiger charge is -2.18. The van der Waals surface area contributed by atoms with Crippen molar-refractivity contribution in [1.82, 2.24) is 10.3 Å². The summed E-state index contributed by atoms with van der Waals surface area (Å²) < 4.78 is 49.2. The Morgan fingerprint density at radius 1 is 1.32 bits per heavy atom. The number of aromatic nitrogens is 1. The molecule has 1 aromatic rings. The Bertz CT molecular complexity index is 362. The van der Waals surface area contributed by atoms with Crippen molar-refractivity contribution in [3.63, 3.8) is 0 Å². The van der Waals surface area contributed by atoms with Crippen LogP contribution in [0.25, 0.3) is 0 Å². The van der Waals surface area contributed by atoms with Gasteiger partial charge >= 0.3 is 6.18 Å². The summed E-state index contributed by atoms with van der Waals surface area (Å²) in [6.45, 7) is 2.66. The zero-order valence-electron chi connectivity index (χ0n) is 10.8. The second kappa shape index (κ2) is 7.43. The molecule has 0 aromatic carbocycles. The van der Waals surface area contributed by atoms with Gasteiger partial charge in [-0.2, -0.15) is 13.2 Å². The van der Waals surface area contributed by atoms with E-state index < -0.39 is 18.4 Å². The molecule has 1 unspecified atom stereocenters. The molecule has 0 saturated heterocycles. The highest BCUT2D eigenvalue weighted by Gasteiger charge is 2.27. The van der Waals surface area contributed by atoms with Crippen LogP contribution in [0.2, 0.25) is 0 Å². The third kappa shape index (κ3) is 6.52. The van der Waals surface area contributed by atoms with Crippen LogP contribution in [0.1, 0.15) is 44.3 Å². The molecule has 1 atom stereocenters. The predicted octanol–water partition coefficient (Wildman–Crippen LogP) is 3.99. The van der Waals surface area contributed by atoms with Gasteiger partial charge in [0.05, 0.1) is 11.9 Å². The second-order valence-electron chi connectivity index (χ2n) is 4.42. The number of halogens is 4. The van der Waals surface area contributed by atoms with E-state index in [2.05, 4.69) is 10.3 Å². The fraction of sp³-hybridized carbons (Fsp3) is 0.615. The van der Waals surface area contributed by atoms with Gasteiger partial charge in [-0.3, -0.25) is 4.98 Å². The Balaban J connectivity index is 2.58. The van der Waals surface area contributed by atoms with Crippen LogP contribution in [0.4, 0.5) is 17.6 Å². The largest absolute Gasteiger partial charge is 0.389 e. The molecule has 2 nitrogen and oxygen atoms in total. The fourth-order valence-corrected chi connectivity index (χ4v) is 1.77. The van der Waals surface area contributed by atoms with E-state index in [1.165, 1.54) is 12.1 Å². The van der Waals surface area contributed by atoms with Crippen LogP contribution < -0.4 is 5.32 Å². The van der Waals surface area contributed by atoms with E-state index in [1.807, 2.05) is 6.92 Å². The van der Waals surface area contributed by atoms with E-state index in [9.17, 15) is 17.6 Å².